The molecule has 5 unspecified atom stereocenters. The van der Waals surface area contributed by atoms with Gasteiger partial charge in [-0.15, -0.1) is 0 Å². The zero-order valence-electron chi connectivity index (χ0n) is 20.1. The maximum Gasteiger partial charge on any atom is 0.326 e. The van der Waals surface area contributed by atoms with Gasteiger partial charge >= 0.3 is 17.9 Å². The number of nitrogens with one attached hydrogen (secondary N) is 3. The summed E-state index contributed by atoms with van der Waals surface area (Å²) in [5.74, 6) is -7.89. The minimum atomic E-state index is -1.80. The monoisotopic (exact) mass is 517 g/mol. The predicted octanol–water partition coefficient (Wildman–Crippen LogP) is -3.10. The smallest absolute Gasteiger partial charge is 0.326 e. The average Bonchev–Trinajstić information content (AvgIpc) is 2.77. The number of nitrogens with zero attached hydrogens (tertiary/aromatic N) is 1. The molecule has 0 aromatic carbocycles. The van der Waals surface area contributed by atoms with Crippen LogP contribution in [0.15, 0.2) is 4.99 Å². The van der Waals surface area contributed by atoms with Crippen molar-refractivity contribution in [2.45, 2.75) is 70.1 Å². The van der Waals surface area contributed by atoms with E-state index in [1.807, 2.05) is 5.32 Å². The third-order valence-electron chi connectivity index (χ3n) is 5.14. The third-order valence-corrected chi connectivity index (χ3v) is 5.14. The minimum Gasteiger partial charge on any atom is -0.481 e. The molecule has 16 nitrogen and oxygen atoms in total. The number of carboxylic acid groups (broad SMARTS) is 3. The molecule has 16 heteroatoms. The molecule has 0 aliphatic heterocycles. The Hall–Kier alpha value is -3.95. The molecule has 0 spiro atoms. The zero-order valence-corrected chi connectivity index (χ0v) is 20.1. The van der Waals surface area contributed by atoms with Gasteiger partial charge in [0.1, 0.15) is 18.1 Å². The normalized spacial score (nSPS) is 14.8. The Morgan fingerprint density at radius 3 is 1.75 bits per heavy atom. The summed E-state index contributed by atoms with van der Waals surface area (Å²) in [5.41, 5.74) is 16.3. The van der Waals surface area contributed by atoms with E-state index < -0.39 is 72.6 Å². The largest absolute Gasteiger partial charge is 0.481 e. The lowest BCUT2D eigenvalue weighted by molar-refractivity contribution is -0.147. The van der Waals surface area contributed by atoms with Gasteiger partial charge in [0.15, 0.2) is 5.96 Å². The summed E-state index contributed by atoms with van der Waals surface area (Å²) in [5, 5.41) is 33.8. The first-order valence-corrected chi connectivity index (χ1v) is 11.1. The van der Waals surface area contributed by atoms with Gasteiger partial charge in [-0.1, -0.05) is 20.3 Å². The van der Waals surface area contributed by atoms with Crippen LogP contribution < -0.4 is 33.2 Å². The number of hydrogen-bond acceptors (Lipinski definition) is 8. The summed E-state index contributed by atoms with van der Waals surface area (Å²) >= 11 is 0. The first-order valence-electron chi connectivity index (χ1n) is 11.1. The Kier molecular flexibility index (Phi) is 14.1. The summed E-state index contributed by atoms with van der Waals surface area (Å²) in [7, 11) is 0. The van der Waals surface area contributed by atoms with Gasteiger partial charge < -0.3 is 48.5 Å². The van der Waals surface area contributed by atoms with E-state index in [1.54, 1.807) is 13.8 Å². The van der Waals surface area contributed by atoms with E-state index in [1.165, 1.54) is 0 Å². The Bertz CT molecular complexity index is 845. The SMILES string of the molecule is CCC(C)C(N)C(=O)NC(CC(=O)O)C(=O)NC(CCCN=C(N)N)C(=O)NC(CC(=O)O)C(=O)O. The fourth-order valence-corrected chi connectivity index (χ4v) is 2.86. The van der Waals surface area contributed by atoms with E-state index >= 15 is 0 Å². The number of hydrogen-bond donors (Lipinski definition) is 9. The van der Waals surface area contributed by atoms with Crippen LogP contribution in [0.2, 0.25) is 0 Å². The number of carbonyl (C=O) groups is 6. The molecule has 0 rings (SSSR count). The van der Waals surface area contributed by atoms with Crippen LogP contribution in [0.5, 0.6) is 0 Å². The topological polar surface area (TPSA) is 290 Å². The first kappa shape index (κ1) is 32.0. The van der Waals surface area contributed by atoms with Crippen LogP contribution >= 0.6 is 0 Å². The maximum absolute atomic E-state index is 12.8. The summed E-state index contributed by atoms with van der Waals surface area (Å²) < 4.78 is 0. The van der Waals surface area contributed by atoms with Crippen molar-refractivity contribution in [2.75, 3.05) is 6.54 Å². The minimum absolute atomic E-state index is 0.0402. The Morgan fingerprint density at radius 1 is 0.806 bits per heavy atom. The number of aliphatic carboxylic acids is 3. The van der Waals surface area contributed by atoms with Gasteiger partial charge in [0, 0.05) is 6.54 Å². The number of guanidine groups is 1. The Balaban J connectivity index is 5.71. The van der Waals surface area contributed by atoms with Crippen LogP contribution in [-0.4, -0.2) is 87.6 Å². The van der Waals surface area contributed by atoms with Gasteiger partial charge in [0.25, 0.3) is 0 Å². The highest BCUT2D eigenvalue weighted by molar-refractivity contribution is 5.96. The molecule has 36 heavy (non-hydrogen) atoms. The van der Waals surface area contributed by atoms with Gasteiger partial charge in [-0.05, 0) is 18.8 Å². The molecule has 0 aliphatic carbocycles. The second kappa shape index (κ2) is 15.9. The molecule has 0 fully saturated rings. The summed E-state index contributed by atoms with van der Waals surface area (Å²) in [6.45, 7) is 3.53. The van der Waals surface area contributed by atoms with Crippen molar-refractivity contribution in [1.29, 1.82) is 0 Å². The fraction of sp³-hybridized carbons (Fsp3) is 0.650. The van der Waals surface area contributed by atoms with Gasteiger partial charge in [-0.3, -0.25) is 29.0 Å². The molecule has 0 radical (unpaired) electrons. The lowest BCUT2D eigenvalue weighted by atomic mass is 9.99. The van der Waals surface area contributed by atoms with Crippen LogP contribution in [0.25, 0.3) is 0 Å². The van der Waals surface area contributed by atoms with Crippen molar-refractivity contribution >= 4 is 41.6 Å². The lowest BCUT2D eigenvalue weighted by Gasteiger charge is -2.25. The second-order valence-electron chi connectivity index (χ2n) is 8.08. The molecule has 0 saturated carbocycles. The van der Waals surface area contributed by atoms with E-state index in [2.05, 4.69) is 15.6 Å². The molecule has 204 valence electrons. The number of carboxylic acids is 3. The molecular formula is C20H35N7O9. The molecule has 0 heterocycles. The quantitative estimate of drug-likeness (QED) is 0.0526. The van der Waals surface area contributed by atoms with Crippen LogP contribution in [0, 0.1) is 5.92 Å². The van der Waals surface area contributed by atoms with Crippen molar-refractivity contribution in [2.24, 2.45) is 28.1 Å². The van der Waals surface area contributed by atoms with E-state index in [4.69, 9.17) is 22.3 Å². The van der Waals surface area contributed by atoms with Crippen LogP contribution in [0.4, 0.5) is 0 Å². The third kappa shape index (κ3) is 12.5. The Labute approximate surface area is 207 Å². The number of amides is 3. The molecule has 0 aromatic rings. The van der Waals surface area contributed by atoms with Gasteiger partial charge in [-0.25, -0.2) is 4.79 Å². The standard InChI is InChI=1S/C20H35N7O9/c1-3-9(2)15(21)18(34)26-11(7-13(28)29)17(33)25-10(5-4-6-24-20(22)23)16(32)27-12(19(35)36)8-14(30)31/h9-12,15H,3-8,21H2,1-2H3,(H,25,33)(H,26,34)(H,27,32)(H,28,29)(H,30,31)(H,35,36)(H4,22,23,24). The van der Waals surface area contributed by atoms with Gasteiger partial charge in [0.2, 0.25) is 17.7 Å². The predicted molar refractivity (Wildman–Crippen MR) is 125 cm³/mol. The van der Waals surface area contributed by atoms with Gasteiger partial charge in [0.05, 0.1) is 18.9 Å². The van der Waals surface area contributed by atoms with Gasteiger partial charge in [-0.2, -0.15) is 0 Å². The average molecular weight is 518 g/mol. The number of carbonyl (C=O) groups excluding carboxylic acids is 3. The van der Waals surface area contributed by atoms with Crippen molar-refractivity contribution in [1.82, 2.24) is 16.0 Å². The molecule has 3 amide bonds. The number of aliphatic imine (C=N–C) groups is 1. The van der Waals surface area contributed by atoms with Crippen molar-refractivity contribution in [3.63, 3.8) is 0 Å². The highest BCUT2D eigenvalue weighted by Gasteiger charge is 2.32. The van der Waals surface area contributed by atoms with Crippen LogP contribution in [0.1, 0.15) is 46.0 Å². The molecule has 0 aromatic heterocycles. The second-order valence-corrected chi connectivity index (χ2v) is 8.08. The van der Waals surface area contributed by atoms with Crippen molar-refractivity contribution in [3.8, 4) is 0 Å². The highest BCUT2D eigenvalue weighted by atomic mass is 16.4. The molecule has 0 aliphatic rings. The summed E-state index contributed by atoms with van der Waals surface area (Å²) in [6, 6.07) is -5.86. The maximum atomic E-state index is 12.8. The Morgan fingerprint density at radius 2 is 1.28 bits per heavy atom. The summed E-state index contributed by atoms with van der Waals surface area (Å²) in [4.78, 5) is 75.2. The molecule has 12 N–H and O–H groups in total. The van der Waals surface area contributed by atoms with Crippen LogP contribution in [-0.2, 0) is 28.8 Å². The lowest BCUT2D eigenvalue weighted by Crippen LogP contribution is -2.58. The van der Waals surface area contributed by atoms with Crippen molar-refractivity contribution in [3.05, 3.63) is 0 Å². The molecule has 0 bridgehead atoms. The number of rotatable bonds is 17. The highest BCUT2D eigenvalue weighted by Crippen LogP contribution is 2.07. The van der Waals surface area contributed by atoms with E-state index in [-0.39, 0.29) is 31.3 Å². The van der Waals surface area contributed by atoms with E-state index in [9.17, 15) is 39.0 Å². The molecule has 5 atom stereocenters. The van der Waals surface area contributed by atoms with Crippen LogP contribution in [0.3, 0.4) is 0 Å². The first-order chi connectivity index (χ1) is 16.7. The summed E-state index contributed by atoms with van der Waals surface area (Å²) in [6.07, 6.45) is -1.22. The fourth-order valence-electron chi connectivity index (χ4n) is 2.86. The molecular weight excluding hydrogens is 482 g/mol. The van der Waals surface area contributed by atoms with E-state index in [0.29, 0.717) is 6.42 Å². The molecule has 0 saturated heterocycles. The number of nitrogens with two attached hydrogens (primary N) is 3. The van der Waals surface area contributed by atoms with E-state index in [0.717, 1.165) is 0 Å². The van der Waals surface area contributed by atoms with Crippen molar-refractivity contribution < 1.29 is 44.1 Å². The zero-order chi connectivity index (χ0) is 28.0.